The van der Waals surface area contributed by atoms with Gasteiger partial charge >= 0.3 is 0 Å². The van der Waals surface area contributed by atoms with Gasteiger partial charge in [0.15, 0.2) is 5.76 Å². The molecule has 8 heteroatoms. The van der Waals surface area contributed by atoms with Crippen LogP contribution in [0.5, 0.6) is 0 Å². The molecular weight excluding hydrogens is 372 g/mol. The molecule has 0 fully saturated rings. The minimum absolute atomic E-state index is 0.00821. The third-order valence-electron chi connectivity index (χ3n) is 4.27. The molecule has 29 heavy (non-hydrogen) atoms. The topological polar surface area (TPSA) is 117 Å². The zero-order chi connectivity index (χ0) is 20.2. The molecule has 0 aliphatic carbocycles. The zero-order valence-electron chi connectivity index (χ0n) is 15.1. The molecule has 0 bridgehead atoms. The normalized spacial score (nSPS) is 10.6. The lowest BCUT2D eigenvalue weighted by Crippen LogP contribution is -2.18. The number of nitrogens with zero attached hydrogens (tertiary/aromatic N) is 1. The molecule has 0 aliphatic rings. The Morgan fingerprint density at radius 3 is 2.28 bits per heavy atom. The fraction of sp³-hybridized carbons (Fsp3) is 0.0476. The molecule has 0 atom stereocenters. The molecule has 0 unspecified atom stereocenters. The van der Waals surface area contributed by atoms with Crippen molar-refractivity contribution in [3.05, 3.63) is 88.7 Å². The molecule has 0 spiro atoms. The summed E-state index contributed by atoms with van der Waals surface area (Å²) in [7, 11) is 0. The van der Waals surface area contributed by atoms with Crippen LogP contribution in [0.1, 0.15) is 16.2 Å². The van der Waals surface area contributed by atoms with Gasteiger partial charge in [0.1, 0.15) is 0 Å². The smallest absolute Gasteiger partial charge is 0.291 e. The van der Waals surface area contributed by atoms with Gasteiger partial charge in [-0.25, -0.2) is 5.10 Å². The number of anilines is 2. The Labute approximate surface area is 164 Å². The first kappa shape index (κ1) is 18.2. The van der Waals surface area contributed by atoms with Crippen LogP contribution in [0.25, 0.3) is 10.8 Å². The van der Waals surface area contributed by atoms with Gasteiger partial charge in [-0.3, -0.25) is 14.4 Å². The summed E-state index contributed by atoms with van der Waals surface area (Å²) in [4.78, 5) is 36.2. The predicted octanol–water partition coefficient (Wildman–Crippen LogP) is 2.95. The van der Waals surface area contributed by atoms with Crippen LogP contribution >= 0.6 is 0 Å². The lowest BCUT2D eigenvalue weighted by molar-refractivity contribution is -0.115. The van der Waals surface area contributed by atoms with E-state index in [0.29, 0.717) is 27.8 Å². The molecule has 4 rings (SSSR count). The number of H-pyrrole nitrogens is 1. The average Bonchev–Trinajstić information content (AvgIpc) is 3.27. The first-order valence-corrected chi connectivity index (χ1v) is 8.81. The predicted molar refractivity (Wildman–Crippen MR) is 108 cm³/mol. The van der Waals surface area contributed by atoms with Crippen molar-refractivity contribution in [1.82, 2.24) is 10.2 Å². The zero-order valence-corrected chi connectivity index (χ0v) is 15.1. The number of furan rings is 1. The van der Waals surface area contributed by atoms with Crippen LogP contribution in [0.2, 0.25) is 0 Å². The van der Waals surface area contributed by atoms with E-state index in [4.69, 9.17) is 4.42 Å². The molecule has 2 heterocycles. The van der Waals surface area contributed by atoms with Crippen LogP contribution in [0, 0.1) is 0 Å². The van der Waals surface area contributed by atoms with Crippen LogP contribution in [-0.4, -0.2) is 22.0 Å². The highest BCUT2D eigenvalue weighted by atomic mass is 16.3. The third-order valence-corrected chi connectivity index (χ3v) is 4.27. The van der Waals surface area contributed by atoms with Gasteiger partial charge in [-0.15, -0.1) is 0 Å². The first-order chi connectivity index (χ1) is 14.1. The molecule has 0 saturated carbocycles. The van der Waals surface area contributed by atoms with E-state index >= 15 is 0 Å². The SMILES string of the molecule is O=C(Cc1n[nH]c(=O)c2ccccc12)Nc1ccc(NC(=O)c2ccco2)cc1. The van der Waals surface area contributed by atoms with Gasteiger partial charge in [-0.05, 0) is 42.5 Å². The van der Waals surface area contributed by atoms with E-state index in [1.807, 2.05) is 0 Å². The molecule has 144 valence electrons. The van der Waals surface area contributed by atoms with Gasteiger partial charge in [0.25, 0.3) is 11.5 Å². The molecule has 8 nitrogen and oxygen atoms in total. The summed E-state index contributed by atoms with van der Waals surface area (Å²) >= 11 is 0. The standard InChI is InChI=1S/C21H16N4O4/c26-19(12-17-15-4-1-2-5-16(15)20(27)25-24-17)22-13-7-9-14(10-8-13)23-21(28)18-6-3-11-29-18/h1-11H,12H2,(H,22,26)(H,23,28)(H,25,27). The summed E-state index contributed by atoms with van der Waals surface area (Å²) in [5, 5.41) is 13.0. The van der Waals surface area contributed by atoms with Crippen molar-refractivity contribution in [1.29, 1.82) is 0 Å². The van der Waals surface area contributed by atoms with Gasteiger partial charge < -0.3 is 15.1 Å². The Hall–Kier alpha value is -4.20. The number of aromatic amines is 1. The van der Waals surface area contributed by atoms with Crippen LogP contribution < -0.4 is 16.2 Å². The van der Waals surface area contributed by atoms with E-state index in [-0.39, 0.29) is 29.6 Å². The Morgan fingerprint density at radius 2 is 1.59 bits per heavy atom. The van der Waals surface area contributed by atoms with Crippen molar-refractivity contribution >= 4 is 34.0 Å². The number of hydrogen-bond donors (Lipinski definition) is 3. The van der Waals surface area contributed by atoms with Gasteiger partial charge in [0.2, 0.25) is 5.91 Å². The molecule has 0 saturated heterocycles. The lowest BCUT2D eigenvalue weighted by atomic mass is 10.1. The van der Waals surface area contributed by atoms with Crippen LogP contribution in [-0.2, 0) is 11.2 Å². The highest BCUT2D eigenvalue weighted by Crippen LogP contribution is 2.17. The van der Waals surface area contributed by atoms with E-state index in [1.54, 1.807) is 60.7 Å². The summed E-state index contributed by atoms with van der Waals surface area (Å²) in [6.45, 7) is 0. The largest absolute Gasteiger partial charge is 0.459 e. The summed E-state index contributed by atoms with van der Waals surface area (Å²) in [5.41, 5.74) is 1.33. The summed E-state index contributed by atoms with van der Waals surface area (Å²) in [6, 6.07) is 16.9. The number of amides is 2. The highest BCUT2D eigenvalue weighted by Gasteiger charge is 2.12. The molecule has 2 aromatic carbocycles. The maximum absolute atomic E-state index is 12.4. The Balaban J connectivity index is 1.42. The highest BCUT2D eigenvalue weighted by molar-refractivity contribution is 6.02. The number of hydrogen-bond acceptors (Lipinski definition) is 5. The number of rotatable bonds is 5. The second kappa shape index (κ2) is 7.81. The average molecular weight is 388 g/mol. The minimum Gasteiger partial charge on any atom is -0.459 e. The van der Waals surface area contributed by atoms with E-state index in [9.17, 15) is 14.4 Å². The van der Waals surface area contributed by atoms with E-state index in [2.05, 4.69) is 20.8 Å². The minimum atomic E-state index is -0.359. The monoisotopic (exact) mass is 388 g/mol. The Kier molecular flexibility index (Phi) is 4.90. The molecule has 4 aromatic rings. The number of fused-ring (bicyclic) bond motifs is 1. The van der Waals surface area contributed by atoms with Crippen molar-refractivity contribution in [3.63, 3.8) is 0 Å². The molecule has 2 aromatic heterocycles. The van der Waals surface area contributed by atoms with Crippen LogP contribution in [0.4, 0.5) is 11.4 Å². The van der Waals surface area contributed by atoms with Gasteiger partial charge in [0, 0.05) is 16.8 Å². The quantitative estimate of drug-likeness (QED) is 0.486. The molecular formula is C21H16N4O4. The first-order valence-electron chi connectivity index (χ1n) is 8.81. The van der Waals surface area contributed by atoms with Crippen molar-refractivity contribution in [2.45, 2.75) is 6.42 Å². The molecule has 0 radical (unpaired) electrons. The van der Waals surface area contributed by atoms with Crippen molar-refractivity contribution < 1.29 is 14.0 Å². The number of nitrogens with one attached hydrogen (secondary N) is 3. The second-order valence-electron chi connectivity index (χ2n) is 6.28. The molecule has 0 aliphatic heterocycles. The van der Waals surface area contributed by atoms with E-state index in [0.717, 1.165) is 0 Å². The maximum Gasteiger partial charge on any atom is 0.291 e. The summed E-state index contributed by atoms with van der Waals surface area (Å²) < 4.78 is 5.04. The Bertz CT molecular complexity index is 1230. The number of carbonyl (C=O) groups is 2. The van der Waals surface area contributed by atoms with E-state index in [1.165, 1.54) is 6.26 Å². The van der Waals surface area contributed by atoms with Crippen molar-refractivity contribution in [2.24, 2.45) is 0 Å². The maximum atomic E-state index is 12.4. The molecule has 3 N–H and O–H groups in total. The summed E-state index contributed by atoms with van der Waals surface area (Å²) in [6.07, 6.45) is 1.43. The number of carbonyl (C=O) groups excluding carboxylic acids is 2. The van der Waals surface area contributed by atoms with Crippen LogP contribution in [0.3, 0.4) is 0 Å². The van der Waals surface area contributed by atoms with Crippen molar-refractivity contribution in [3.8, 4) is 0 Å². The number of benzene rings is 2. The number of aromatic nitrogens is 2. The summed E-state index contributed by atoms with van der Waals surface area (Å²) in [5.74, 6) is -0.423. The second-order valence-corrected chi connectivity index (χ2v) is 6.28. The van der Waals surface area contributed by atoms with E-state index < -0.39 is 0 Å². The molecule has 2 amide bonds. The fourth-order valence-corrected chi connectivity index (χ4v) is 2.90. The lowest BCUT2D eigenvalue weighted by Gasteiger charge is -2.08. The fourth-order valence-electron chi connectivity index (χ4n) is 2.90. The van der Waals surface area contributed by atoms with Gasteiger partial charge in [0.05, 0.1) is 23.8 Å². The Morgan fingerprint density at radius 1 is 0.897 bits per heavy atom. The van der Waals surface area contributed by atoms with Gasteiger partial charge in [-0.1, -0.05) is 18.2 Å². The third kappa shape index (κ3) is 4.06. The van der Waals surface area contributed by atoms with Crippen LogP contribution in [0.15, 0.2) is 76.1 Å². The van der Waals surface area contributed by atoms with Crippen molar-refractivity contribution in [2.75, 3.05) is 10.6 Å². The van der Waals surface area contributed by atoms with Gasteiger partial charge in [-0.2, -0.15) is 5.10 Å².